The maximum absolute atomic E-state index is 11.7. The molecule has 0 aliphatic rings. The van der Waals surface area contributed by atoms with Gasteiger partial charge in [-0.1, -0.05) is 11.8 Å². The zero-order valence-electron chi connectivity index (χ0n) is 10.4. The van der Waals surface area contributed by atoms with E-state index in [0.717, 1.165) is 11.8 Å². The monoisotopic (exact) mass is 289 g/mol. The lowest BCUT2D eigenvalue weighted by atomic mass is 10.2. The van der Waals surface area contributed by atoms with Crippen LogP contribution in [0.3, 0.4) is 0 Å². The lowest BCUT2D eigenvalue weighted by molar-refractivity contribution is -0.113. The summed E-state index contributed by atoms with van der Waals surface area (Å²) in [7, 11) is 0. The Morgan fingerprint density at radius 2 is 2.15 bits per heavy atom. The van der Waals surface area contributed by atoms with E-state index in [9.17, 15) is 4.79 Å². The minimum Gasteiger partial charge on any atom is -0.415 e. The fourth-order valence-corrected chi connectivity index (χ4v) is 1.91. The summed E-state index contributed by atoms with van der Waals surface area (Å²) in [6.07, 6.45) is 0. The van der Waals surface area contributed by atoms with Gasteiger partial charge >= 0.3 is 0 Å². The second-order valence-corrected chi connectivity index (χ2v) is 4.62. The first-order valence-electron chi connectivity index (χ1n) is 5.66. The molecule has 102 valence electrons. The van der Waals surface area contributed by atoms with Gasteiger partial charge in [0.15, 0.2) is 0 Å². The van der Waals surface area contributed by atoms with E-state index in [4.69, 9.17) is 15.4 Å². The molecule has 0 spiro atoms. The first-order chi connectivity index (χ1) is 9.71. The van der Waals surface area contributed by atoms with Gasteiger partial charge in [0, 0.05) is 5.69 Å². The first kappa shape index (κ1) is 14.0. The summed E-state index contributed by atoms with van der Waals surface area (Å²) >= 11 is 1.13. The number of rotatable bonds is 5. The van der Waals surface area contributed by atoms with Crippen LogP contribution in [0, 0.1) is 11.3 Å². The highest BCUT2D eigenvalue weighted by Crippen LogP contribution is 2.16. The zero-order chi connectivity index (χ0) is 14.4. The van der Waals surface area contributed by atoms with Crippen LogP contribution >= 0.6 is 11.8 Å². The highest BCUT2D eigenvalue weighted by molar-refractivity contribution is 7.99. The Bertz CT molecular complexity index is 632. The summed E-state index contributed by atoms with van der Waals surface area (Å²) in [5.41, 5.74) is 6.50. The minimum atomic E-state index is -0.202. The third-order valence-electron chi connectivity index (χ3n) is 2.25. The summed E-state index contributed by atoms with van der Waals surface area (Å²) < 4.78 is 5.16. The SMILES string of the molecule is N#Cc1ccc(NC(=O)CSc2nnc(CN)o2)cc1. The van der Waals surface area contributed by atoms with Gasteiger partial charge in [-0.05, 0) is 24.3 Å². The zero-order valence-corrected chi connectivity index (χ0v) is 11.2. The Labute approximate surface area is 119 Å². The molecule has 1 amide bonds. The molecule has 1 aromatic heterocycles. The number of aromatic nitrogens is 2. The third kappa shape index (κ3) is 3.81. The van der Waals surface area contributed by atoms with Gasteiger partial charge in [0.1, 0.15) is 0 Å². The molecule has 0 fully saturated rings. The van der Waals surface area contributed by atoms with E-state index in [1.54, 1.807) is 24.3 Å². The number of benzene rings is 1. The summed E-state index contributed by atoms with van der Waals surface area (Å²) in [6.45, 7) is 0.172. The van der Waals surface area contributed by atoms with Crippen LogP contribution in [0.25, 0.3) is 0 Å². The number of hydrogen-bond donors (Lipinski definition) is 2. The number of hydrogen-bond acceptors (Lipinski definition) is 7. The van der Waals surface area contributed by atoms with Crippen molar-refractivity contribution < 1.29 is 9.21 Å². The molecule has 1 heterocycles. The van der Waals surface area contributed by atoms with E-state index < -0.39 is 0 Å². The van der Waals surface area contributed by atoms with Gasteiger partial charge in [0.2, 0.25) is 11.8 Å². The molecule has 2 aromatic rings. The average molecular weight is 289 g/mol. The highest BCUT2D eigenvalue weighted by atomic mass is 32.2. The number of carbonyl (C=O) groups is 1. The van der Waals surface area contributed by atoms with Crippen LogP contribution in [0.15, 0.2) is 33.9 Å². The van der Waals surface area contributed by atoms with Gasteiger partial charge < -0.3 is 15.5 Å². The van der Waals surface area contributed by atoms with Gasteiger partial charge in [-0.15, -0.1) is 10.2 Å². The predicted octanol–water partition coefficient (Wildman–Crippen LogP) is 1.13. The molecule has 0 aliphatic heterocycles. The molecule has 1 aromatic carbocycles. The number of nitriles is 1. The Kier molecular flexibility index (Phi) is 4.70. The molecule has 0 saturated carbocycles. The molecular formula is C12H11N5O2S. The Balaban J connectivity index is 1.84. The Hall–Kier alpha value is -2.37. The van der Waals surface area contributed by atoms with Crippen molar-refractivity contribution in [3.05, 3.63) is 35.7 Å². The van der Waals surface area contributed by atoms with E-state index in [1.807, 2.05) is 6.07 Å². The molecule has 20 heavy (non-hydrogen) atoms. The van der Waals surface area contributed by atoms with E-state index in [1.165, 1.54) is 0 Å². The Morgan fingerprint density at radius 3 is 2.75 bits per heavy atom. The molecule has 7 nitrogen and oxygen atoms in total. The van der Waals surface area contributed by atoms with Crippen molar-refractivity contribution in [1.82, 2.24) is 10.2 Å². The van der Waals surface area contributed by atoms with Gasteiger partial charge in [-0.2, -0.15) is 5.26 Å². The standard InChI is InChI=1S/C12H11N5O2S/c13-5-8-1-3-9(4-2-8)15-10(18)7-20-12-17-16-11(6-14)19-12/h1-4H,6-7,14H2,(H,15,18). The van der Waals surface area contributed by atoms with E-state index in [0.29, 0.717) is 22.4 Å². The van der Waals surface area contributed by atoms with Crippen LogP contribution in [0.1, 0.15) is 11.5 Å². The smallest absolute Gasteiger partial charge is 0.277 e. The first-order valence-corrected chi connectivity index (χ1v) is 6.65. The summed E-state index contributed by atoms with van der Waals surface area (Å²) in [5, 5.41) is 19.1. The van der Waals surface area contributed by atoms with Crippen LogP contribution in [0.4, 0.5) is 5.69 Å². The summed E-state index contributed by atoms with van der Waals surface area (Å²) in [5.74, 6) is 0.277. The second-order valence-electron chi connectivity index (χ2n) is 3.69. The number of carbonyl (C=O) groups excluding carboxylic acids is 1. The lowest BCUT2D eigenvalue weighted by Crippen LogP contribution is -2.13. The third-order valence-corrected chi connectivity index (χ3v) is 3.07. The van der Waals surface area contributed by atoms with Crippen LogP contribution in [0.5, 0.6) is 0 Å². The number of amides is 1. The van der Waals surface area contributed by atoms with Gasteiger partial charge in [-0.25, -0.2) is 0 Å². The van der Waals surface area contributed by atoms with Crippen molar-refractivity contribution in [1.29, 1.82) is 5.26 Å². The molecule has 0 atom stereocenters. The maximum atomic E-state index is 11.7. The van der Waals surface area contributed by atoms with E-state index in [-0.39, 0.29) is 18.2 Å². The fraction of sp³-hybridized carbons (Fsp3) is 0.167. The van der Waals surface area contributed by atoms with Crippen molar-refractivity contribution in [2.24, 2.45) is 5.73 Å². The molecular weight excluding hydrogens is 278 g/mol. The second kappa shape index (κ2) is 6.70. The maximum Gasteiger partial charge on any atom is 0.277 e. The van der Waals surface area contributed by atoms with Crippen LogP contribution in [-0.4, -0.2) is 21.9 Å². The van der Waals surface area contributed by atoms with Gasteiger partial charge in [0.25, 0.3) is 5.22 Å². The molecule has 8 heteroatoms. The molecule has 0 bridgehead atoms. The van der Waals surface area contributed by atoms with Crippen molar-refractivity contribution in [3.8, 4) is 6.07 Å². The van der Waals surface area contributed by atoms with Crippen LogP contribution in [-0.2, 0) is 11.3 Å². The molecule has 2 rings (SSSR count). The van der Waals surface area contributed by atoms with Crippen LogP contribution < -0.4 is 11.1 Å². The molecule has 0 aliphatic carbocycles. The number of nitrogens with two attached hydrogens (primary N) is 1. The predicted molar refractivity (Wildman–Crippen MR) is 72.7 cm³/mol. The van der Waals surface area contributed by atoms with Gasteiger partial charge in [0.05, 0.1) is 23.9 Å². The van der Waals surface area contributed by atoms with Crippen LogP contribution in [0.2, 0.25) is 0 Å². The largest absolute Gasteiger partial charge is 0.415 e. The number of nitrogens with zero attached hydrogens (tertiary/aromatic N) is 3. The molecule has 0 unspecified atom stereocenters. The van der Waals surface area contributed by atoms with Crippen molar-refractivity contribution in [2.75, 3.05) is 11.1 Å². The summed E-state index contributed by atoms with van der Waals surface area (Å²) in [4.78, 5) is 11.7. The average Bonchev–Trinajstić information content (AvgIpc) is 2.94. The molecule has 0 saturated heterocycles. The number of nitrogens with one attached hydrogen (secondary N) is 1. The molecule has 0 radical (unpaired) electrons. The van der Waals surface area contributed by atoms with Crippen molar-refractivity contribution >= 4 is 23.4 Å². The summed E-state index contributed by atoms with van der Waals surface area (Å²) in [6, 6.07) is 8.61. The topological polar surface area (TPSA) is 118 Å². The Morgan fingerprint density at radius 1 is 1.40 bits per heavy atom. The van der Waals surface area contributed by atoms with Gasteiger partial charge in [-0.3, -0.25) is 4.79 Å². The fourth-order valence-electron chi connectivity index (χ4n) is 1.33. The quantitative estimate of drug-likeness (QED) is 0.792. The number of thioether (sulfide) groups is 1. The van der Waals surface area contributed by atoms with E-state index in [2.05, 4.69) is 15.5 Å². The highest BCUT2D eigenvalue weighted by Gasteiger charge is 2.09. The number of anilines is 1. The molecule has 3 N–H and O–H groups in total. The van der Waals surface area contributed by atoms with Crippen molar-refractivity contribution in [3.63, 3.8) is 0 Å². The van der Waals surface area contributed by atoms with E-state index >= 15 is 0 Å². The normalized spacial score (nSPS) is 10.0. The lowest BCUT2D eigenvalue weighted by Gasteiger charge is -2.03. The minimum absolute atomic E-state index is 0.145. The van der Waals surface area contributed by atoms with Crippen molar-refractivity contribution in [2.45, 2.75) is 11.8 Å².